The first-order valence-electron chi connectivity index (χ1n) is 5.42. The molecular formula is C11H14N4O2S. The number of nitrogens with two attached hydrogens (primary N) is 1. The fourth-order valence-electron chi connectivity index (χ4n) is 1.52. The van der Waals surface area contributed by atoms with Crippen LogP contribution in [0.2, 0.25) is 0 Å². The quantitative estimate of drug-likeness (QED) is 0.816. The third-order valence-corrected chi connectivity index (χ3v) is 3.87. The molecule has 0 bridgehead atoms. The van der Waals surface area contributed by atoms with E-state index in [-0.39, 0.29) is 10.6 Å². The van der Waals surface area contributed by atoms with E-state index in [9.17, 15) is 8.42 Å². The Morgan fingerprint density at radius 1 is 1.39 bits per heavy atom. The highest BCUT2D eigenvalue weighted by atomic mass is 32.2. The molecule has 0 radical (unpaired) electrons. The van der Waals surface area contributed by atoms with E-state index in [2.05, 4.69) is 9.82 Å². The summed E-state index contributed by atoms with van der Waals surface area (Å²) in [5.41, 5.74) is 6.28. The molecular weight excluding hydrogens is 252 g/mol. The second-order valence-electron chi connectivity index (χ2n) is 3.73. The van der Waals surface area contributed by atoms with E-state index in [0.29, 0.717) is 12.2 Å². The first-order chi connectivity index (χ1) is 8.53. The lowest BCUT2D eigenvalue weighted by molar-refractivity contribution is 0.601. The largest absolute Gasteiger partial charge is 0.398 e. The Morgan fingerprint density at radius 3 is 2.72 bits per heavy atom. The summed E-state index contributed by atoms with van der Waals surface area (Å²) >= 11 is 0. The SMILES string of the molecule is CCn1cc(NS(=O)(=O)c2ccccc2N)cn1. The molecule has 1 heterocycles. The number of para-hydroxylation sites is 1. The van der Waals surface area contributed by atoms with Crippen molar-refractivity contribution in [1.82, 2.24) is 9.78 Å². The Balaban J connectivity index is 2.30. The maximum absolute atomic E-state index is 12.1. The molecule has 7 heteroatoms. The Labute approximate surface area is 105 Å². The van der Waals surface area contributed by atoms with Gasteiger partial charge in [-0.25, -0.2) is 8.42 Å². The Hall–Kier alpha value is -2.02. The Kier molecular flexibility index (Phi) is 3.24. The molecule has 2 rings (SSSR count). The van der Waals surface area contributed by atoms with Crippen molar-refractivity contribution in [3.8, 4) is 0 Å². The van der Waals surface area contributed by atoms with Gasteiger partial charge in [0.25, 0.3) is 10.0 Å². The average Bonchev–Trinajstić information content (AvgIpc) is 2.76. The van der Waals surface area contributed by atoms with Crippen LogP contribution >= 0.6 is 0 Å². The zero-order chi connectivity index (χ0) is 13.2. The molecule has 1 aromatic carbocycles. The lowest BCUT2D eigenvalue weighted by Crippen LogP contribution is -2.14. The molecule has 6 nitrogen and oxygen atoms in total. The lowest BCUT2D eigenvalue weighted by Gasteiger charge is -2.07. The molecule has 0 saturated carbocycles. The predicted octanol–water partition coefficient (Wildman–Crippen LogP) is 1.29. The summed E-state index contributed by atoms with van der Waals surface area (Å²) in [6.07, 6.45) is 3.08. The van der Waals surface area contributed by atoms with E-state index < -0.39 is 10.0 Å². The molecule has 0 atom stereocenters. The minimum absolute atomic E-state index is 0.0641. The molecule has 96 valence electrons. The molecule has 0 fully saturated rings. The number of aryl methyl sites for hydroxylation is 1. The molecule has 1 aromatic heterocycles. The standard InChI is InChI=1S/C11H14N4O2S/c1-2-15-8-9(7-13-15)14-18(16,17)11-6-4-3-5-10(11)12/h3-8,14H,2,12H2,1H3. The van der Waals surface area contributed by atoms with Crippen molar-refractivity contribution in [2.24, 2.45) is 0 Å². The number of benzene rings is 1. The summed E-state index contributed by atoms with van der Waals surface area (Å²) in [4.78, 5) is 0.0641. The molecule has 0 unspecified atom stereocenters. The van der Waals surface area contributed by atoms with E-state index in [1.807, 2.05) is 6.92 Å². The Morgan fingerprint density at radius 2 is 2.11 bits per heavy atom. The average molecular weight is 266 g/mol. The molecule has 3 N–H and O–H groups in total. The number of nitrogen functional groups attached to an aromatic ring is 1. The van der Waals surface area contributed by atoms with Gasteiger partial charge in [0.15, 0.2) is 0 Å². The first-order valence-corrected chi connectivity index (χ1v) is 6.91. The van der Waals surface area contributed by atoms with Crippen molar-refractivity contribution in [1.29, 1.82) is 0 Å². The first kappa shape index (κ1) is 12.4. The fraction of sp³-hybridized carbons (Fsp3) is 0.182. The molecule has 0 aliphatic carbocycles. The highest BCUT2D eigenvalue weighted by molar-refractivity contribution is 7.92. The van der Waals surface area contributed by atoms with Gasteiger partial charge >= 0.3 is 0 Å². The molecule has 0 saturated heterocycles. The van der Waals surface area contributed by atoms with E-state index in [1.165, 1.54) is 12.3 Å². The summed E-state index contributed by atoms with van der Waals surface area (Å²) in [6, 6.07) is 6.32. The number of aromatic nitrogens is 2. The van der Waals surface area contributed by atoms with Crippen molar-refractivity contribution in [3.05, 3.63) is 36.7 Å². The molecule has 18 heavy (non-hydrogen) atoms. The number of nitrogens with zero attached hydrogens (tertiary/aromatic N) is 2. The van der Waals surface area contributed by atoms with Crippen molar-refractivity contribution in [2.45, 2.75) is 18.4 Å². The van der Waals surface area contributed by atoms with Crippen LogP contribution in [-0.2, 0) is 16.6 Å². The minimum atomic E-state index is -3.67. The van der Waals surface area contributed by atoms with Crippen LogP contribution in [0.1, 0.15) is 6.92 Å². The summed E-state index contributed by atoms with van der Waals surface area (Å²) in [5.74, 6) is 0. The van der Waals surface area contributed by atoms with E-state index in [1.54, 1.807) is 29.1 Å². The normalized spacial score (nSPS) is 11.4. The monoisotopic (exact) mass is 266 g/mol. The second kappa shape index (κ2) is 4.69. The van der Waals surface area contributed by atoms with Crippen LogP contribution in [-0.4, -0.2) is 18.2 Å². The molecule has 0 amide bonds. The van der Waals surface area contributed by atoms with Gasteiger partial charge in [-0.3, -0.25) is 9.40 Å². The molecule has 0 spiro atoms. The predicted molar refractivity (Wildman–Crippen MR) is 69.6 cm³/mol. The van der Waals surface area contributed by atoms with Crippen molar-refractivity contribution < 1.29 is 8.42 Å². The number of nitrogens with one attached hydrogen (secondary N) is 1. The number of sulfonamides is 1. The van der Waals surface area contributed by atoms with Gasteiger partial charge in [-0.2, -0.15) is 5.10 Å². The van der Waals surface area contributed by atoms with Gasteiger partial charge in [0, 0.05) is 12.7 Å². The van der Waals surface area contributed by atoms with E-state index >= 15 is 0 Å². The third-order valence-electron chi connectivity index (χ3n) is 2.42. The van der Waals surface area contributed by atoms with Gasteiger partial charge in [0.2, 0.25) is 0 Å². The van der Waals surface area contributed by atoms with Gasteiger partial charge in [-0.05, 0) is 19.1 Å². The van der Waals surface area contributed by atoms with Gasteiger partial charge in [-0.15, -0.1) is 0 Å². The number of rotatable bonds is 4. The van der Waals surface area contributed by atoms with Crippen LogP contribution in [0, 0.1) is 0 Å². The van der Waals surface area contributed by atoms with Gasteiger partial charge in [0.05, 0.1) is 17.6 Å². The summed E-state index contributed by atoms with van der Waals surface area (Å²) in [5, 5.41) is 3.99. The molecule has 2 aromatic rings. The van der Waals surface area contributed by atoms with E-state index in [4.69, 9.17) is 5.73 Å². The van der Waals surface area contributed by atoms with Crippen LogP contribution in [0.15, 0.2) is 41.6 Å². The van der Waals surface area contributed by atoms with Gasteiger partial charge in [0.1, 0.15) is 4.90 Å². The zero-order valence-electron chi connectivity index (χ0n) is 9.87. The summed E-state index contributed by atoms with van der Waals surface area (Å²) < 4.78 is 28.3. The fourth-order valence-corrected chi connectivity index (χ4v) is 2.69. The number of anilines is 2. The minimum Gasteiger partial charge on any atom is -0.398 e. The van der Waals surface area contributed by atoms with Crippen molar-refractivity contribution >= 4 is 21.4 Å². The van der Waals surface area contributed by atoms with Gasteiger partial charge < -0.3 is 5.73 Å². The summed E-state index contributed by atoms with van der Waals surface area (Å²) in [7, 11) is -3.67. The van der Waals surface area contributed by atoms with Crippen LogP contribution in [0.4, 0.5) is 11.4 Å². The molecule has 0 aliphatic rings. The van der Waals surface area contributed by atoms with Crippen LogP contribution in [0.3, 0.4) is 0 Å². The van der Waals surface area contributed by atoms with Crippen LogP contribution in [0.25, 0.3) is 0 Å². The molecule has 0 aliphatic heterocycles. The maximum Gasteiger partial charge on any atom is 0.264 e. The summed E-state index contributed by atoms with van der Waals surface area (Å²) in [6.45, 7) is 2.59. The number of hydrogen-bond donors (Lipinski definition) is 2. The lowest BCUT2D eigenvalue weighted by atomic mass is 10.3. The second-order valence-corrected chi connectivity index (χ2v) is 5.38. The van der Waals surface area contributed by atoms with Crippen LogP contribution < -0.4 is 10.5 Å². The third kappa shape index (κ3) is 2.45. The Bertz CT molecular complexity index is 649. The van der Waals surface area contributed by atoms with Crippen molar-refractivity contribution in [3.63, 3.8) is 0 Å². The smallest absolute Gasteiger partial charge is 0.264 e. The van der Waals surface area contributed by atoms with Crippen LogP contribution in [0.5, 0.6) is 0 Å². The number of hydrogen-bond acceptors (Lipinski definition) is 4. The van der Waals surface area contributed by atoms with E-state index in [0.717, 1.165) is 0 Å². The van der Waals surface area contributed by atoms with Gasteiger partial charge in [-0.1, -0.05) is 12.1 Å². The maximum atomic E-state index is 12.1. The topological polar surface area (TPSA) is 90.0 Å². The van der Waals surface area contributed by atoms with Crippen molar-refractivity contribution in [2.75, 3.05) is 10.5 Å². The zero-order valence-corrected chi connectivity index (χ0v) is 10.7. The highest BCUT2D eigenvalue weighted by Crippen LogP contribution is 2.20. The highest BCUT2D eigenvalue weighted by Gasteiger charge is 2.17.